The predicted octanol–water partition coefficient (Wildman–Crippen LogP) is -0.684. The lowest BCUT2D eigenvalue weighted by atomic mass is 9.46. The van der Waals surface area contributed by atoms with Gasteiger partial charge in [0.25, 0.3) is 0 Å². The van der Waals surface area contributed by atoms with Crippen LogP contribution in [0.3, 0.4) is 0 Å². The molecule has 0 unspecified atom stereocenters. The van der Waals surface area contributed by atoms with E-state index in [-0.39, 0.29) is 17.3 Å². The van der Waals surface area contributed by atoms with Gasteiger partial charge in [-0.3, -0.25) is 9.69 Å². The third-order valence-electron chi connectivity index (χ3n) is 6.71. The number of hydrogen-bond donors (Lipinski definition) is 4. The van der Waals surface area contributed by atoms with Crippen LogP contribution in [0.15, 0.2) is 24.3 Å². The second kappa shape index (κ2) is 4.24. The van der Waals surface area contributed by atoms with Crippen molar-refractivity contribution in [2.24, 2.45) is 0 Å². The van der Waals surface area contributed by atoms with Crippen molar-refractivity contribution in [2.75, 3.05) is 20.2 Å². The number of ether oxygens (including phenoxy) is 1. The lowest BCUT2D eigenvalue weighted by Gasteiger charge is -2.63. The van der Waals surface area contributed by atoms with Gasteiger partial charge in [-0.05, 0) is 32.1 Å². The second-order valence-electron chi connectivity index (χ2n) is 7.52. The Labute approximate surface area is 143 Å². The van der Waals surface area contributed by atoms with E-state index in [2.05, 4.69) is 0 Å². The summed E-state index contributed by atoms with van der Waals surface area (Å²) in [5, 5.41) is 43.0. The number of likely N-dealkylation sites (tertiary alicyclic amines) is 1. The topological polar surface area (TPSA) is 110 Å². The Morgan fingerprint density at radius 1 is 1.40 bits per heavy atom. The van der Waals surface area contributed by atoms with Gasteiger partial charge in [-0.15, -0.1) is 0 Å². The first-order valence-corrected chi connectivity index (χ1v) is 8.34. The molecule has 2 bridgehead atoms. The van der Waals surface area contributed by atoms with E-state index in [1.165, 1.54) is 24.3 Å². The molecule has 1 aromatic rings. The zero-order valence-electron chi connectivity index (χ0n) is 13.6. The molecule has 1 saturated heterocycles. The maximum atomic E-state index is 13.2. The summed E-state index contributed by atoms with van der Waals surface area (Å²) in [7, 11) is 1.77. The van der Waals surface area contributed by atoms with Crippen molar-refractivity contribution < 1.29 is 30.0 Å². The zero-order valence-corrected chi connectivity index (χ0v) is 13.6. The predicted molar refractivity (Wildman–Crippen MR) is 85.7 cm³/mol. The average Bonchev–Trinajstić information content (AvgIpc) is 2.90. The van der Waals surface area contributed by atoms with Gasteiger partial charge in [0.1, 0.15) is 17.7 Å². The minimum Gasteiger partial charge on any atom is -0.504 e. The van der Waals surface area contributed by atoms with Crippen LogP contribution >= 0.6 is 0 Å². The average molecular weight is 345 g/mol. The van der Waals surface area contributed by atoms with Gasteiger partial charge in [0.2, 0.25) is 0 Å². The van der Waals surface area contributed by atoms with Crippen LogP contribution in [0.4, 0.5) is 0 Å². The number of likely N-dealkylation sites (N-methyl/N-ethyl adjacent to an activating group) is 1. The Balaban J connectivity index is 1.98. The fourth-order valence-electron chi connectivity index (χ4n) is 5.65. The van der Waals surface area contributed by atoms with Gasteiger partial charge in [-0.2, -0.15) is 0 Å². The third-order valence-corrected chi connectivity index (χ3v) is 6.71. The third kappa shape index (κ3) is 1.29. The van der Waals surface area contributed by atoms with Crippen LogP contribution in [-0.4, -0.2) is 74.7 Å². The number of hydrogen-bond acceptors (Lipinski definition) is 7. The summed E-state index contributed by atoms with van der Waals surface area (Å²) in [5.74, 6) is -0.353. The molecule has 1 spiro atoms. The molecular formula is C18H19NO6. The molecule has 4 N–H and O–H groups in total. The molecule has 2 heterocycles. The van der Waals surface area contributed by atoms with Crippen molar-refractivity contribution in [2.45, 2.75) is 35.2 Å². The van der Waals surface area contributed by atoms with Crippen LogP contribution in [0.1, 0.15) is 22.3 Å². The number of phenols is 1. The maximum absolute atomic E-state index is 13.2. The van der Waals surface area contributed by atoms with Gasteiger partial charge in [0.05, 0.1) is 12.0 Å². The molecule has 7 heteroatoms. The minimum absolute atomic E-state index is 0.0732. The quantitative estimate of drug-likeness (QED) is 0.499. The van der Waals surface area contributed by atoms with Crippen LogP contribution in [0, 0.1) is 0 Å². The van der Waals surface area contributed by atoms with E-state index >= 15 is 0 Å². The molecule has 1 fully saturated rings. The number of aliphatic hydroxyl groups is 3. The molecule has 0 aromatic heterocycles. The number of benzene rings is 1. The van der Waals surface area contributed by atoms with Crippen LogP contribution in [0.25, 0.3) is 0 Å². The number of aromatic hydroxyl groups is 1. The summed E-state index contributed by atoms with van der Waals surface area (Å²) in [6.45, 7) is -0.0715. The molecular weight excluding hydrogens is 326 g/mol. The van der Waals surface area contributed by atoms with E-state index in [0.29, 0.717) is 24.1 Å². The number of Topliss-reactive ketones (excluding diaryl/α,β-unsaturated/α-hetero) is 1. The summed E-state index contributed by atoms with van der Waals surface area (Å²) in [6.07, 6.45) is 2.03. The van der Waals surface area contributed by atoms with Crippen molar-refractivity contribution >= 4 is 5.78 Å². The van der Waals surface area contributed by atoms with E-state index in [0.717, 1.165) is 0 Å². The standard InChI is InChI=1S/C18H19NO6/c1-19-7-6-16-12-9-2-3-10(21)14(12)25-18(16,8-20)11(22)4-5-17(16,24)15(19)13(9)23/h2-5,11,15,20-22,24H,6-8H2,1H3/t11-,15+,16+,17+,18-/m0/s1. The highest BCUT2D eigenvalue weighted by atomic mass is 16.5. The highest BCUT2D eigenvalue weighted by Gasteiger charge is 2.79. The summed E-state index contributed by atoms with van der Waals surface area (Å²) in [4.78, 5) is 15.0. The Hall–Kier alpha value is -1.93. The number of nitrogens with zero attached hydrogens (tertiary/aromatic N) is 1. The van der Waals surface area contributed by atoms with Gasteiger partial charge in [-0.25, -0.2) is 0 Å². The first-order chi connectivity index (χ1) is 11.8. The normalized spacial score (nSPS) is 43.8. The van der Waals surface area contributed by atoms with Crippen LogP contribution in [0.2, 0.25) is 0 Å². The van der Waals surface area contributed by atoms with E-state index in [9.17, 15) is 25.2 Å². The fourth-order valence-corrected chi connectivity index (χ4v) is 5.65. The lowest BCUT2D eigenvalue weighted by Crippen LogP contribution is -2.81. The van der Waals surface area contributed by atoms with E-state index in [1.807, 2.05) is 0 Å². The van der Waals surface area contributed by atoms with Gasteiger partial charge in [0.15, 0.2) is 22.9 Å². The minimum atomic E-state index is -1.65. The molecule has 132 valence electrons. The molecule has 1 aromatic carbocycles. The van der Waals surface area contributed by atoms with Crippen molar-refractivity contribution in [3.8, 4) is 11.5 Å². The number of carbonyl (C=O) groups is 1. The SMILES string of the molecule is CN1CC[C@]23c4c5ccc(O)c4O[C@@]2(CO)[C@@H](O)C=C[C@@]3(O)[C@H]1C5=O. The van der Waals surface area contributed by atoms with E-state index in [4.69, 9.17) is 4.74 Å². The van der Waals surface area contributed by atoms with Gasteiger partial charge in [0, 0.05) is 11.1 Å². The van der Waals surface area contributed by atoms with Crippen molar-refractivity contribution in [1.82, 2.24) is 4.90 Å². The van der Waals surface area contributed by atoms with Crippen molar-refractivity contribution in [1.29, 1.82) is 0 Å². The van der Waals surface area contributed by atoms with Crippen molar-refractivity contribution in [3.63, 3.8) is 0 Å². The maximum Gasteiger partial charge on any atom is 0.183 e. The Morgan fingerprint density at radius 2 is 2.16 bits per heavy atom. The summed E-state index contributed by atoms with van der Waals surface area (Å²) in [6, 6.07) is 2.07. The van der Waals surface area contributed by atoms with Gasteiger partial charge >= 0.3 is 0 Å². The largest absolute Gasteiger partial charge is 0.504 e. The molecule has 25 heavy (non-hydrogen) atoms. The molecule has 7 nitrogen and oxygen atoms in total. The van der Waals surface area contributed by atoms with Crippen LogP contribution < -0.4 is 4.74 Å². The Morgan fingerprint density at radius 3 is 2.88 bits per heavy atom. The molecule has 0 radical (unpaired) electrons. The molecule has 2 aliphatic heterocycles. The smallest absolute Gasteiger partial charge is 0.183 e. The number of aliphatic hydroxyl groups excluding tert-OH is 2. The van der Waals surface area contributed by atoms with Crippen LogP contribution in [0.5, 0.6) is 11.5 Å². The fraction of sp³-hybridized carbons (Fsp3) is 0.500. The number of piperidine rings is 1. The second-order valence-corrected chi connectivity index (χ2v) is 7.52. The van der Waals surface area contributed by atoms with Gasteiger partial charge in [-0.1, -0.05) is 12.2 Å². The zero-order chi connectivity index (χ0) is 17.8. The molecule has 5 rings (SSSR count). The lowest BCUT2D eigenvalue weighted by molar-refractivity contribution is -0.197. The first kappa shape index (κ1) is 15.3. The van der Waals surface area contributed by atoms with E-state index < -0.39 is 35.4 Å². The number of carbonyl (C=O) groups excluding carboxylic acids is 1. The molecule has 4 aliphatic rings. The van der Waals surface area contributed by atoms with Gasteiger partial charge < -0.3 is 25.2 Å². The monoisotopic (exact) mass is 345 g/mol. The Kier molecular flexibility index (Phi) is 2.60. The summed E-state index contributed by atoms with van der Waals surface area (Å²) < 4.78 is 5.98. The number of ketones is 1. The highest BCUT2D eigenvalue weighted by Crippen LogP contribution is 2.67. The highest BCUT2D eigenvalue weighted by molar-refractivity contribution is 6.06. The number of rotatable bonds is 1. The van der Waals surface area contributed by atoms with Crippen molar-refractivity contribution in [3.05, 3.63) is 35.4 Å². The molecule has 0 amide bonds. The Bertz CT molecular complexity index is 852. The summed E-state index contributed by atoms with van der Waals surface area (Å²) in [5.41, 5.74) is -3.64. The summed E-state index contributed by atoms with van der Waals surface area (Å²) >= 11 is 0. The molecule has 5 atom stereocenters. The molecule has 2 aliphatic carbocycles. The van der Waals surface area contributed by atoms with Crippen LogP contribution in [-0.2, 0) is 5.41 Å². The first-order valence-electron chi connectivity index (χ1n) is 8.34. The number of phenolic OH excluding ortho intramolecular Hbond substituents is 1. The van der Waals surface area contributed by atoms with E-state index in [1.54, 1.807) is 11.9 Å². The molecule has 0 saturated carbocycles.